The van der Waals surface area contributed by atoms with Crippen molar-refractivity contribution in [1.82, 2.24) is 5.32 Å². The van der Waals surface area contributed by atoms with Gasteiger partial charge in [0, 0.05) is 11.6 Å². The van der Waals surface area contributed by atoms with Crippen molar-refractivity contribution < 1.29 is 14.1 Å². The minimum atomic E-state index is -0.673. The lowest BCUT2D eigenvalue weighted by atomic mass is 10.2. The van der Waals surface area contributed by atoms with Gasteiger partial charge in [0.05, 0.1) is 17.3 Å². The third-order valence-corrected chi connectivity index (χ3v) is 2.81. The lowest BCUT2D eigenvalue weighted by Crippen LogP contribution is -2.23. The average molecular weight is 281 g/mol. The maximum absolute atomic E-state index is 11.8. The van der Waals surface area contributed by atoms with Crippen LogP contribution in [0.5, 0.6) is 0 Å². The fourth-order valence-corrected chi connectivity index (χ4v) is 1.72. The summed E-state index contributed by atoms with van der Waals surface area (Å²) >= 11 is 5.93. The Labute approximate surface area is 113 Å². The number of nitrogens with one attached hydrogen (secondary N) is 1. The molecule has 0 saturated carbocycles. The van der Waals surface area contributed by atoms with Crippen molar-refractivity contribution in [3.63, 3.8) is 0 Å². The van der Waals surface area contributed by atoms with Gasteiger partial charge in [-0.05, 0) is 11.6 Å². The van der Waals surface area contributed by atoms with Gasteiger partial charge in [-0.3, -0.25) is 14.9 Å². The summed E-state index contributed by atoms with van der Waals surface area (Å²) in [6, 6.07) is 8.12. The molecule has 1 N–H and O–H groups in total. The highest BCUT2D eigenvalue weighted by Gasteiger charge is 2.23. The zero-order chi connectivity index (χ0) is 13.8. The Kier molecular flexibility index (Phi) is 3.82. The van der Waals surface area contributed by atoms with Gasteiger partial charge in [0.2, 0.25) is 0 Å². The van der Waals surface area contributed by atoms with Crippen LogP contribution in [-0.2, 0) is 6.54 Å². The van der Waals surface area contributed by atoms with E-state index in [1.165, 1.54) is 0 Å². The molecular weight excluding hydrogens is 272 g/mol. The van der Waals surface area contributed by atoms with E-state index in [9.17, 15) is 14.9 Å². The number of rotatable bonds is 4. The second-order valence-electron chi connectivity index (χ2n) is 3.67. The maximum atomic E-state index is 11.8. The molecule has 0 bridgehead atoms. The Hall–Kier alpha value is -2.34. The zero-order valence-corrected chi connectivity index (χ0v) is 10.4. The van der Waals surface area contributed by atoms with Crippen LogP contribution in [0.25, 0.3) is 0 Å². The summed E-state index contributed by atoms with van der Waals surface area (Å²) in [5.41, 5.74) is 0.350. The molecular formula is C12H9ClN2O4. The molecule has 1 aromatic heterocycles. The Bertz CT molecular complexity index is 624. The van der Waals surface area contributed by atoms with Crippen molar-refractivity contribution in [3.8, 4) is 0 Å². The van der Waals surface area contributed by atoms with E-state index in [0.717, 1.165) is 12.3 Å². The van der Waals surface area contributed by atoms with Crippen LogP contribution in [0.2, 0.25) is 5.02 Å². The summed E-state index contributed by atoms with van der Waals surface area (Å²) in [6.07, 6.45) is 1.10. The van der Waals surface area contributed by atoms with E-state index in [-0.39, 0.29) is 18.0 Å². The van der Waals surface area contributed by atoms with Crippen molar-refractivity contribution >= 4 is 23.2 Å². The largest absolute Gasteiger partial charge is 0.453 e. The summed E-state index contributed by atoms with van der Waals surface area (Å²) in [4.78, 5) is 21.8. The highest BCUT2D eigenvalue weighted by atomic mass is 35.5. The lowest BCUT2D eigenvalue weighted by Gasteiger charge is -2.05. The molecule has 6 nitrogen and oxygen atoms in total. The quantitative estimate of drug-likeness (QED) is 0.689. The predicted octanol–water partition coefficient (Wildman–Crippen LogP) is 2.77. The smallest absolute Gasteiger partial charge is 0.320 e. The number of carbonyl (C=O) groups is 1. The van der Waals surface area contributed by atoms with Gasteiger partial charge in [-0.25, -0.2) is 0 Å². The van der Waals surface area contributed by atoms with Crippen LogP contribution >= 0.6 is 11.6 Å². The van der Waals surface area contributed by atoms with Gasteiger partial charge < -0.3 is 9.73 Å². The number of nitro groups is 1. The van der Waals surface area contributed by atoms with E-state index in [2.05, 4.69) is 5.32 Å². The van der Waals surface area contributed by atoms with E-state index >= 15 is 0 Å². The molecule has 19 heavy (non-hydrogen) atoms. The van der Waals surface area contributed by atoms with Crippen LogP contribution in [0.3, 0.4) is 0 Å². The van der Waals surface area contributed by atoms with Crippen molar-refractivity contribution in [1.29, 1.82) is 0 Å². The summed E-state index contributed by atoms with van der Waals surface area (Å²) in [5, 5.41) is 13.7. The second-order valence-corrected chi connectivity index (χ2v) is 4.07. The monoisotopic (exact) mass is 280 g/mol. The number of furan rings is 1. The summed E-state index contributed by atoms with van der Waals surface area (Å²) in [5.74, 6) is -0.978. The number of hydrogen-bond acceptors (Lipinski definition) is 4. The summed E-state index contributed by atoms with van der Waals surface area (Å²) < 4.78 is 4.82. The highest BCUT2D eigenvalue weighted by Crippen LogP contribution is 2.20. The van der Waals surface area contributed by atoms with Crippen LogP contribution in [-0.4, -0.2) is 10.8 Å². The highest BCUT2D eigenvalue weighted by molar-refractivity contribution is 6.31. The number of hydrogen-bond donors (Lipinski definition) is 1. The van der Waals surface area contributed by atoms with E-state index < -0.39 is 10.8 Å². The molecule has 0 saturated heterocycles. The van der Waals surface area contributed by atoms with Gasteiger partial charge in [-0.1, -0.05) is 29.8 Å². The Morgan fingerprint density at radius 1 is 1.37 bits per heavy atom. The molecule has 0 aliphatic carbocycles. The van der Waals surface area contributed by atoms with Crippen LogP contribution in [0, 0.1) is 10.1 Å². The van der Waals surface area contributed by atoms with Gasteiger partial charge in [0.1, 0.15) is 0 Å². The Morgan fingerprint density at radius 2 is 2.11 bits per heavy atom. The predicted molar refractivity (Wildman–Crippen MR) is 68.0 cm³/mol. The van der Waals surface area contributed by atoms with Gasteiger partial charge in [0.15, 0.2) is 0 Å². The number of benzene rings is 1. The van der Waals surface area contributed by atoms with Gasteiger partial charge in [0.25, 0.3) is 11.7 Å². The van der Waals surface area contributed by atoms with E-state index in [1.54, 1.807) is 24.3 Å². The third-order valence-electron chi connectivity index (χ3n) is 2.44. The topological polar surface area (TPSA) is 85.4 Å². The molecule has 7 heteroatoms. The third kappa shape index (κ3) is 2.92. The normalized spacial score (nSPS) is 10.2. The second kappa shape index (κ2) is 5.53. The Balaban J connectivity index is 2.08. The first kappa shape index (κ1) is 13.1. The molecule has 0 atom stereocenters. The molecule has 0 spiro atoms. The first-order valence-electron chi connectivity index (χ1n) is 5.33. The molecule has 2 aromatic rings. The first-order chi connectivity index (χ1) is 9.09. The van der Waals surface area contributed by atoms with E-state index in [1.807, 2.05) is 0 Å². The van der Waals surface area contributed by atoms with Crippen molar-refractivity contribution in [2.24, 2.45) is 0 Å². The minimum absolute atomic E-state index is 0.163. The van der Waals surface area contributed by atoms with Crippen molar-refractivity contribution in [2.45, 2.75) is 6.54 Å². The molecule has 98 valence electrons. The van der Waals surface area contributed by atoms with Crippen LogP contribution in [0.15, 0.2) is 41.0 Å². The standard InChI is InChI=1S/C12H9ClN2O4/c13-9-4-2-1-3-8(9)7-14-12(16)11-10(15(17)18)5-6-19-11/h1-6H,7H2,(H,14,16). The Morgan fingerprint density at radius 3 is 2.79 bits per heavy atom. The van der Waals surface area contributed by atoms with Gasteiger partial charge in [-0.15, -0.1) is 0 Å². The summed E-state index contributed by atoms with van der Waals surface area (Å²) in [6.45, 7) is 0.163. The summed E-state index contributed by atoms with van der Waals surface area (Å²) in [7, 11) is 0. The molecule has 0 aliphatic rings. The fourth-order valence-electron chi connectivity index (χ4n) is 1.51. The van der Waals surface area contributed by atoms with Crippen LogP contribution in [0.1, 0.15) is 16.1 Å². The molecule has 0 radical (unpaired) electrons. The SMILES string of the molecule is O=C(NCc1ccccc1Cl)c1occc1[N+](=O)[O-]. The first-order valence-corrected chi connectivity index (χ1v) is 5.71. The van der Waals surface area contributed by atoms with Crippen LogP contribution in [0.4, 0.5) is 5.69 Å². The van der Waals surface area contributed by atoms with Crippen molar-refractivity contribution in [2.75, 3.05) is 0 Å². The molecule has 1 heterocycles. The zero-order valence-electron chi connectivity index (χ0n) is 9.63. The molecule has 0 unspecified atom stereocenters. The number of carbonyl (C=O) groups excluding carboxylic acids is 1. The van der Waals surface area contributed by atoms with Crippen molar-refractivity contribution in [3.05, 3.63) is 63.1 Å². The van der Waals surface area contributed by atoms with Crippen LogP contribution < -0.4 is 5.32 Å². The number of halogens is 1. The number of amides is 1. The lowest BCUT2D eigenvalue weighted by molar-refractivity contribution is -0.385. The minimum Gasteiger partial charge on any atom is -0.453 e. The molecule has 0 fully saturated rings. The molecule has 2 rings (SSSR count). The fraction of sp³-hybridized carbons (Fsp3) is 0.0833. The van der Waals surface area contributed by atoms with Gasteiger partial charge >= 0.3 is 5.69 Å². The molecule has 1 amide bonds. The van der Waals surface area contributed by atoms with E-state index in [4.69, 9.17) is 16.0 Å². The van der Waals surface area contributed by atoms with Gasteiger partial charge in [-0.2, -0.15) is 0 Å². The number of nitrogens with zero attached hydrogens (tertiary/aromatic N) is 1. The van der Waals surface area contributed by atoms with E-state index in [0.29, 0.717) is 10.6 Å². The average Bonchev–Trinajstić information content (AvgIpc) is 2.87. The molecule has 0 aliphatic heterocycles. The molecule has 1 aromatic carbocycles. The maximum Gasteiger partial charge on any atom is 0.320 e.